The van der Waals surface area contributed by atoms with E-state index in [1.807, 2.05) is 20.8 Å². The first-order valence-corrected chi connectivity index (χ1v) is 6.21. The third-order valence-corrected chi connectivity index (χ3v) is 3.07. The summed E-state index contributed by atoms with van der Waals surface area (Å²) in [7, 11) is 0. The van der Waals surface area contributed by atoms with Crippen molar-refractivity contribution in [3.63, 3.8) is 0 Å². The molecule has 5 heteroatoms. The van der Waals surface area contributed by atoms with Gasteiger partial charge in [0.1, 0.15) is 0 Å². The Balaban J connectivity index is 2.47. The van der Waals surface area contributed by atoms with Crippen LogP contribution in [0.1, 0.15) is 34.6 Å². The Morgan fingerprint density at radius 1 is 1.12 bits per heavy atom. The van der Waals surface area contributed by atoms with Crippen molar-refractivity contribution < 1.29 is 14.3 Å². The summed E-state index contributed by atoms with van der Waals surface area (Å²) in [4.78, 5) is 12.1. The van der Waals surface area contributed by atoms with Crippen LogP contribution in [0.15, 0.2) is 0 Å². The lowest BCUT2D eigenvalue weighted by Gasteiger charge is -2.33. The zero-order chi connectivity index (χ0) is 13.0. The molecule has 2 atom stereocenters. The molecule has 100 valence electrons. The molecule has 1 aliphatic rings. The molecule has 0 spiro atoms. The Morgan fingerprint density at radius 2 is 1.71 bits per heavy atom. The van der Waals surface area contributed by atoms with Crippen LogP contribution >= 0.6 is 0 Å². The molecule has 1 heterocycles. The number of hydrogen-bond acceptors (Lipinski definition) is 4. The topological polar surface area (TPSA) is 59.6 Å². The van der Waals surface area contributed by atoms with Crippen molar-refractivity contribution in [1.82, 2.24) is 10.6 Å². The molecule has 0 saturated carbocycles. The lowest BCUT2D eigenvalue weighted by molar-refractivity contribution is -0.335. The molecule has 17 heavy (non-hydrogen) atoms. The fraction of sp³-hybridized carbons (Fsp3) is 0.917. The number of carbonyl (C=O) groups is 1. The zero-order valence-corrected chi connectivity index (χ0v) is 11.3. The highest BCUT2D eigenvalue weighted by Gasteiger charge is 2.29. The van der Waals surface area contributed by atoms with E-state index in [9.17, 15) is 4.79 Å². The van der Waals surface area contributed by atoms with Crippen molar-refractivity contribution in [3.05, 3.63) is 0 Å². The average Bonchev–Trinajstić information content (AvgIpc) is 2.14. The van der Waals surface area contributed by atoms with Gasteiger partial charge in [0.05, 0.1) is 6.04 Å². The monoisotopic (exact) mass is 244 g/mol. The third-order valence-electron chi connectivity index (χ3n) is 3.07. The molecular weight excluding hydrogens is 220 g/mol. The minimum Gasteiger partial charge on any atom is -0.352 e. The van der Waals surface area contributed by atoms with Gasteiger partial charge >= 0.3 is 0 Å². The third kappa shape index (κ3) is 4.26. The normalized spacial score (nSPS) is 20.2. The standard InChI is InChI=1S/C12H24N2O3/c1-7(2)9(5)13-11(15)10(8(3)4)14-12-16-6-17-12/h7-10,12,14H,6H2,1-5H3,(H,13,15)/t9-,10-/m0/s1. The molecule has 1 fully saturated rings. The van der Waals surface area contributed by atoms with E-state index in [-0.39, 0.29) is 23.9 Å². The van der Waals surface area contributed by atoms with Gasteiger partial charge in [0.2, 0.25) is 12.3 Å². The van der Waals surface area contributed by atoms with E-state index < -0.39 is 6.41 Å². The highest BCUT2D eigenvalue weighted by Crippen LogP contribution is 2.10. The average molecular weight is 244 g/mol. The van der Waals surface area contributed by atoms with Crippen LogP contribution in [0.3, 0.4) is 0 Å². The molecule has 0 unspecified atom stereocenters. The number of hydrogen-bond donors (Lipinski definition) is 2. The fourth-order valence-corrected chi connectivity index (χ4v) is 1.43. The maximum atomic E-state index is 12.1. The van der Waals surface area contributed by atoms with Gasteiger partial charge < -0.3 is 14.8 Å². The summed E-state index contributed by atoms with van der Waals surface area (Å²) in [5.41, 5.74) is 0. The van der Waals surface area contributed by atoms with Crippen molar-refractivity contribution >= 4 is 5.91 Å². The van der Waals surface area contributed by atoms with Crippen molar-refractivity contribution in [2.75, 3.05) is 6.79 Å². The minimum atomic E-state index is -0.442. The van der Waals surface area contributed by atoms with Gasteiger partial charge in [-0.2, -0.15) is 0 Å². The smallest absolute Gasteiger partial charge is 0.237 e. The Labute approximate surface area is 103 Å². The van der Waals surface area contributed by atoms with Gasteiger partial charge in [-0.05, 0) is 18.8 Å². The summed E-state index contributed by atoms with van der Waals surface area (Å²) in [5, 5.41) is 6.04. The maximum Gasteiger partial charge on any atom is 0.237 e. The van der Waals surface area contributed by atoms with E-state index in [1.54, 1.807) is 0 Å². The molecule has 1 saturated heterocycles. The molecule has 1 aliphatic heterocycles. The summed E-state index contributed by atoms with van der Waals surface area (Å²) in [6, 6.07) is -0.129. The summed E-state index contributed by atoms with van der Waals surface area (Å²) in [6.07, 6.45) is -0.442. The van der Waals surface area contributed by atoms with Gasteiger partial charge in [0.15, 0.2) is 6.79 Å². The fourth-order valence-electron chi connectivity index (χ4n) is 1.43. The minimum absolute atomic E-state index is 0.000278. The number of carbonyl (C=O) groups excluding carboxylic acids is 1. The first-order chi connectivity index (χ1) is 7.91. The zero-order valence-electron chi connectivity index (χ0n) is 11.3. The molecule has 1 rings (SSSR count). The van der Waals surface area contributed by atoms with E-state index in [0.717, 1.165) is 0 Å². The highest BCUT2D eigenvalue weighted by molar-refractivity contribution is 5.82. The van der Waals surface area contributed by atoms with E-state index >= 15 is 0 Å². The summed E-state index contributed by atoms with van der Waals surface area (Å²) in [5.74, 6) is 0.602. The number of rotatable bonds is 6. The largest absolute Gasteiger partial charge is 0.352 e. The van der Waals surface area contributed by atoms with E-state index in [2.05, 4.69) is 24.5 Å². The van der Waals surface area contributed by atoms with Crippen molar-refractivity contribution in [1.29, 1.82) is 0 Å². The van der Waals surface area contributed by atoms with Crippen LogP contribution in [-0.4, -0.2) is 31.2 Å². The molecule has 2 N–H and O–H groups in total. The van der Waals surface area contributed by atoms with Gasteiger partial charge in [-0.1, -0.05) is 27.7 Å². The molecule has 0 aromatic rings. The molecule has 0 radical (unpaired) electrons. The molecule has 0 aromatic carbocycles. The van der Waals surface area contributed by atoms with Gasteiger partial charge in [-0.25, -0.2) is 0 Å². The van der Waals surface area contributed by atoms with Gasteiger partial charge in [0.25, 0.3) is 0 Å². The van der Waals surface area contributed by atoms with Crippen LogP contribution in [0.5, 0.6) is 0 Å². The van der Waals surface area contributed by atoms with E-state index in [1.165, 1.54) is 0 Å². The lowest BCUT2D eigenvalue weighted by Crippen LogP contribution is -2.57. The van der Waals surface area contributed by atoms with Crippen molar-refractivity contribution in [2.45, 2.75) is 53.1 Å². The first kappa shape index (κ1) is 14.4. The first-order valence-electron chi connectivity index (χ1n) is 6.21. The predicted octanol–water partition coefficient (Wildman–Crippen LogP) is 1.05. The molecule has 0 aliphatic carbocycles. The number of ether oxygens (including phenoxy) is 2. The van der Waals surface area contributed by atoms with Gasteiger partial charge in [-0.3, -0.25) is 10.1 Å². The summed E-state index contributed by atoms with van der Waals surface area (Å²) < 4.78 is 10.2. The Morgan fingerprint density at radius 3 is 2.06 bits per heavy atom. The quantitative estimate of drug-likeness (QED) is 0.733. The van der Waals surface area contributed by atoms with E-state index in [4.69, 9.17) is 9.47 Å². The van der Waals surface area contributed by atoms with Gasteiger partial charge in [0, 0.05) is 6.04 Å². The van der Waals surface area contributed by atoms with Crippen molar-refractivity contribution in [2.24, 2.45) is 11.8 Å². The van der Waals surface area contributed by atoms with Crippen LogP contribution in [0.4, 0.5) is 0 Å². The molecule has 5 nitrogen and oxygen atoms in total. The maximum absolute atomic E-state index is 12.1. The highest BCUT2D eigenvalue weighted by atomic mass is 16.9. The lowest BCUT2D eigenvalue weighted by atomic mass is 10.0. The molecule has 0 bridgehead atoms. The van der Waals surface area contributed by atoms with Gasteiger partial charge in [-0.15, -0.1) is 0 Å². The van der Waals surface area contributed by atoms with Crippen LogP contribution in [-0.2, 0) is 14.3 Å². The van der Waals surface area contributed by atoms with Crippen molar-refractivity contribution in [3.8, 4) is 0 Å². The second kappa shape index (κ2) is 6.33. The SMILES string of the molecule is CC(C)[C@H](C)NC(=O)[C@@H](NC1OCO1)C(C)C. The van der Waals surface area contributed by atoms with Crippen LogP contribution < -0.4 is 10.6 Å². The Hall–Kier alpha value is -0.650. The predicted molar refractivity (Wildman–Crippen MR) is 65.0 cm³/mol. The number of amides is 1. The second-order valence-electron chi connectivity index (χ2n) is 5.21. The van der Waals surface area contributed by atoms with E-state index in [0.29, 0.717) is 12.7 Å². The van der Waals surface area contributed by atoms with Crippen LogP contribution in [0.25, 0.3) is 0 Å². The molecule has 1 amide bonds. The summed E-state index contributed by atoms with van der Waals surface area (Å²) in [6.45, 7) is 10.5. The molecule has 0 aromatic heterocycles. The Kier molecular flexibility index (Phi) is 5.36. The van der Waals surface area contributed by atoms with Crippen LogP contribution in [0.2, 0.25) is 0 Å². The number of nitrogens with one attached hydrogen (secondary N) is 2. The van der Waals surface area contributed by atoms with Crippen LogP contribution in [0, 0.1) is 11.8 Å². The second-order valence-corrected chi connectivity index (χ2v) is 5.21. The summed E-state index contributed by atoms with van der Waals surface area (Å²) >= 11 is 0. The Bertz CT molecular complexity index is 252. The molecular formula is C12H24N2O3.